The van der Waals surface area contributed by atoms with E-state index < -0.39 is 0 Å². The van der Waals surface area contributed by atoms with E-state index >= 15 is 0 Å². The molecule has 0 aromatic carbocycles. The molecule has 0 saturated carbocycles. The molecule has 0 aliphatic carbocycles. The second-order valence-corrected chi connectivity index (χ2v) is 2.35. The van der Waals surface area contributed by atoms with Crippen molar-refractivity contribution in [3.8, 4) is 5.75 Å². The molecular weight excluding hydrogens is 158 g/mol. The van der Waals surface area contributed by atoms with Crippen LogP contribution in [0.2, 0.25) is 0 Å². The van der Waals surface area contributed by atoms with Crippen LogP contribution in [0.4, 0.5) is 0 Å². The van der Waals surface area contributed by atoms with Crippen LogP contribution in [-0.4, -0.2) is 25.2 Å². The van der Waals surface area contributed by atoms with Crippen molar-refractivity contribution < 1.29 is 14.3 Å². The third-order valence-corrected chi connectivity index (χ3v) is 1.70. The van der Waals surface area contributed by atoms with Gasteiger partial charge in [0.15, 0.2) is 0 Å². The Bertz CT molecular complexity index is 290. The summed E-state index contributed by atoms with van der Waals surface area (Å²) in [5, 5.41) is 0. The Morgan fingerprint density at radius 3 is 2.58 bits per heavy atom. The summed E-state index contributed by atoms with van der Waals surface area (Å²) in [6.07, 6.45) is 1.63. The van der Waals surface area contributed by atoms with Gasteiger partial charge in [-0.15, -0.1) is 0 Å². The molecule has 0 atom stereocenters. The number of carbonyl (C=O) groups excluding carboxylic acids is 1. The minimum atomic E-state index is -0.379. The van der Waals surface area contributed by atoms with E-state index in [2.05, 4.69) is 9.72 Å². The zero-order valence-electron chi connectivity index (χ0n) is 7.30. The Kier molecular flexibility index (Phi) is 2.38. The van der Waals surface area contributed by atoms with Crippen molar-refractivity contribution in [2.45, 2.75) is 6.92 Å². The van der Waals surface area contributed by atoms with Gasteiger partial charge in [-0.05, 0) is 6.92 Å². The van der Waals surface area contributed by atoms with E-state index in [1.807, 2.05) is 0 Å². The van der Waals surface area contributed by atoms with Crippen LogP contribution < -0.4 is 4.74 Å². The summed E-state index contributed by atoms with van der Waals surface area (Å²) in [5.41, 5.74) is 1.21. The molecule has 66 valence electrons. The molecule has 0 amide bonds. The maximum atomic E-state index is 11.1. The van der Waals surface area contributed by atoms with Gasteiger partial charge in [-0.2, -0.15) is 0 Å². The molecule has 0 aliphatic rings. The van der Waals surface area contributed by atoms with E-state index in [4.69, 9.17) is 4.74 Å². The molecule has 1 N–H and O–H groups in total. The summed E-state index contributed by atoms with van der Waals surface area (Å²) in [4.78, 5) is 13.8. The van der Waals surface area contributed by atoms with Crippen LogP contribution in [0.15, 0.2) is 6.20 Å². The van der Waals surface area contributed by atoms with Gasteiger partial charge in [-0.3, -0.25) is 0 Å². The molecule has 0 spiro atoms. The van der Waals surface area contributed by atoms with Crippen LogP contribution in [0.1, 0.15) is 16.1 Å². The maximum absolute atomic E-state index is 11.1. The molecule has 0 radical (unpaired) electrons. The van der Waals surface area contributed by atoms with E-state index in [-0.39, 0.29) is 5.97 Å². The van der Waals surface area contributed by atoms with Gasteiger partial charge >= 0.3 is 5.97 Å². The summed E-state index contributed by atoms with van der Waals surface area (Å²) in [6.45, 7) is 1.79. The van der Waals surface area contributed by atoms with Gasteiger partial charge in [0.2, 0.25) is 0 Å². The lowest BCUT2D eigenvalue weighted by molar-refractivity contribution is 0.0594. The highest BCUT2D eigenvalue weighted by Crippen LogP contribution is 2.20. The van der Waals surface area contributed by atoms with Crippen molar-refractivity contribution in [2.75, 3.05) is 14.2 Å². The van der Waals surface area contributed by atoms with E-state index in [9.17, 15) is 4.79 Å². The summed E-state index contributed by atoms with van der Waals surface area (Å²) >= 11 is 0. The van der Waals surface area contributed by atoms with E-state index in [0.717, 1.165) is 5.56 Å². The van der Waals surface area contributed by atoms with E-state index in [0.29, 0.717) is 11.4 Å². The number of ether oxygens (including phenoxy) is 2. The Labute approximate surface area is 70.5 Å². The Morgan fingerprint density at radius 2 is 2.17 bits per heavy atom. The third kappa shape index (κ3) is 1.28. The maximum Gasteiger partial charge on any atom is 0.354 e. The van der Waals surface area contributed by atoms with Crippen LogP contribution in [0.5, 0.6) is 5.75 Å². The molecule has 0 saturated heterocycles. The fraction of sp³-hybridized carbons (Fsp3) is 0.375. The topological polar surface area (TPSA) is 51.3 Å². The average molecular weight is 169 g/mol. The molecule has 0 unspecified atom stereocenters. The second-order valence-electron chi connectivity index (χ2n) is 2.35. The highest BCUT2D eigenvalue weighted by atomic mass is 16.5. The fourth-order valence-electron chi connectivity index (χ4n) is 1.00. The molecule has 0 aliphatic heterocycles. The Morgan fingerprint density at radius 1 is 1.50 bits per heavy atom. The van der Waals surface area contributed by atoms with Crippen molar-refractivity contribution in [1.82, 2.24) is 4.98 Å². The number of esters is 1. The molecule has 12 heavy (non-hydrogen) atoms. The molecule has 1 rings (SSSR count). The predicted molar refractivity (Wildman–Crippen MR) is 43.4 cm³/mol. The fourth-order valence-corrected chi connectivity index (χ4v) is 1.00. The smallest absolute Gasteiger partial charge is 0.354 e. The molecule has 1 aromatic heterocycles. The number of rotatable bonds is 2. The largest absolute Gasteiger partial charge is 0.495 e. The van der Waals surface area contributed by atoms with Gasteiger partial charge in [-0.25, -0.2) is 4.79 Å². The van der Waals surface area contributed by atoms with Crippen LogP contribution in [0, 0.1) is 6.92 Å². The van der Waals surface area contributed by atoms with Gasteiger partial charge in [0.1, 0.15) is 11.4 Å². The van der Waals surface area contributed by atoms with Crippen molar-refractivity contribution in [1.29, 1.82) is 0 Å². The van der Waals surface area contributed by atoms with Crippen LogP contribution >= 0.6 is 0 Å². The van der Waals surface area contributed by atoms with Gasteiger partial charge in [0.05, 0.1) is 14.2 Å². The number of carbonyl (C=O) groups is 1. The highest BCUT2D eigenvalue weighted by Gasteiger charge is 2.14. The average Bonchev–Trinajstić information content (AvgIpc) is 2.45. The zero-order chi connectivity index (χ0) is 9.14. The molecule has 0 bridgehead atoms. The summed E-state index contributed by atoms with van der Waals surface area (Å²) < 4.78 is 9.53. The minimum Gasteiger partial charge on any atom is -0.495 e. The predicted octanol–water partition coefficient (Wildman–Crippen LogP) is 1.12. The first kappa shape index (κ1) is 8.64. The quantitative estimate of drug-likeness (QED) is 0.675. The third-order valence-electron chi connectivity index (χ3n) is 1.70. The minimum absolute atomic E-state index is 0.379. The Balaban J connectivity index is 3.02. The lowest BCUT2D eigenvalue weighted by Gasteiger charge is -1.98. The first-order chi connectivity index (χ1) is 5.70. The standard InChI is InChI=1S/C8H11NO3/c1-5-6(11-2)4-9-7(5)8(10)12-3/h4,9H,1-3H3. The molecule has 1 heterocycles. The number of aromatic nitrogens is 1. The Hall–Kier alpha value is -1.45. The van der Waals surface area contributed by atoms with Gasteiger partial charge < -0.3 is 14.5 Å². The number of methoxy groups -OCH3 is 2. The number of hydrogen-bond acceptors (Lipinski definition) is 3. The SMILES string of the molecule is COC(=O)c1[nH]cc(OC)c1C. The van der Waals surface area contributed by atoms with Crippen molar-refractivity contribution in [3.05, 3.63) is 17.5 Å². The number of hydrogen-bond donors (Lipinski definition) is 1. The number of nitrogens with one attached hydrogen (secondary N) is 1. The number of aromatic amines is 1. The molecule has 4 nitrogen and oxygen atoms in total. The van der Waals surface area contributed by atoms with Crippen LogP contribution in [0.3, 0.4) is 0 Å². The van der Waals surface area contributed by atoms with Crippen molar-refractivity contribution >= 4 is 5.97 Å². The monoisotopic (exact) mass is 169 g/mol. The lowest BCUT2D eigenvalue weighted by atomic mass is 10.2. The number of H-pyrrole nitrogens is 1. The van der Waals surface area contributed by atoms with E-state index in [1.165, 1.54) is 7.11 Å². The van der Waals surface area contributed by atoms with Gasteiger partial charge in [-0.1, -0.05) is 0 Å². The zero-order valence-corrected chi connectivity index (χ0v) is 7.30. The lowest BCUT2D eigenvalue weighted by Crippen LogP contribution is -2.03. The second kappa shape index (κ2) is 3.30. The molecule has 1 aromatic rings. The van der Waals surface area contributed by atoms with Crippen LogP contribution in [-0.2, 0) is 4.74 Å². The first-order valence-electron chi connectivity index (χ1n) is 3.51. The van der Waals surface area contributed by atoms with Gasteiger partial charge in [0.25, 0.3) is 0 Å². The summed E-state index contributed by atoms with van der Waals surface area (Å²) in [6, 6.07) is 0. The molecule has 4 heteroatoms. The van der Waals surface area contributed by atoms with E-state index in [1.54, 1.807) is 20.2 Å². The van der Waals surface area contributed by atoms with Gasteiger partial charge in [0, 0.05) is 11.8 Å². The molecular formula is C8H11NO3. The summed E-state index contributed by atoms with van der Waals surface area (Å²) in [7, 11) is 2.90. The van der Waals surface area contributed by atoms with Crippen molar-refractivity contribution in [3.63, 3.8) is 0 Å². The highest BCUT2D eigenvalue weighted by molar-refractivity contribution is 5.89. The summed E-state index contributed by atoms with van der Waals surface area (Å²) in [5.74, 6) is 0.284. The van der Waals surface area contributed by atoms with Crippen LogP contribution in [0.25, 0.3) is 0 Å². The normalized spacial score (nSPS) is 9.58. The molecule has 0 fully saturated rings. The first-order valence-corrected chi connectivity index (χ1v) is 3.51. The van der Waals surface area contributed by atoms with Crippen molar-refractivity contribution in [2.24, 2.45) is 0 Å².